The molecule has 3 atom stereocenters. The molecule has 0 radical (unpaired) electrons. The van der Waals surface area contributed by atoms with Crippen molar-refractivity contribution in [3.05, 3.63) is 24.2 Å². The Balaban J connectivity index is 1.77. The summed E-state index contributed by atoms with van der Waals surface area (Å²) in [6.45, 7) is 1.70. The number of esters is 1. The van der Waals surface area contributed by atoms with Crippen LogP contribution in [0.25, 0.3) is 0 Å². The monoisotopic (exact) mass is 249 g/mol. The van der Waals surface area contributed by atoms with Gasteiger partial charge in [0.25, 0.3) is 0 Å². The van der Waals surface area contributed by atoms with Gasteiger partial charge in [0.05, 0.1) is 19.9 Å². The van der Waals surface area contributed by atoms with Gasteiger partial charge in [0, 0.05) is 6.54 Å². The van der Waals surface area contributed by atoms with Crippen LogP contribution in [0.1, 0.15) is 25.0 Å². The van der Waals surface area contributed by atoms with E-state index in [9.17, 15) is 4.79 Å². The van der Waals surface area contributed by atoms with E-state index in [4.69, 9.17) is 9.15 Å². The van der Waals surface area contributed by atoms with Crippen molar-refractivity contribution < 1.29 is 13.9 Å². The summed E-state index contributed by atoms with van der Waals surface area (Å²) in [5.74, 6) is 1.97. The number of rotatable bonds is 3. The van der Waals surface area contributed by atoms with E-state index in [-0.39, 0.29) is 12.0 Å². The molecule has 98 valence electrons. The van der Waals surface area contributed by atoms with Crippen molar-refractivity contribution >= 4 is 5.97 Å². The molecule has 0 amide bonds. The molecule has 1 aromatic heterocycles. The first-order valence-corrected chi connectivity index (χ1v) is 6.64. The van der Waals surface area contributed by atoms with Gasteiger partial charge in [-0.15, -0.1) is 0 Å². The minimum atomic E-state index is -0.0871. The molecule has 0 bridgehead atoms. The van der Waals surface area contributed by atoms with Crippen LogP contribution in [0, 0.1) is 11.8 Å². The third-order valence-corrected chi connectivity index (χ3v) is 4.37. The Bertz CT molecular complexity index is 415. The van der Waals surface area contributed by atoms with E-state index in [1.165, 1.54) is 20.0 Å². The molecule has 2 heterocycles. The van der Waals surface area contributed by atoms with Crippen LogP contribution in [0.15, 0.2) is 22.8 Å². The molecule has 4 nitrogen and oxygen atoms in total. The third-order valence-electron chi connectivity index (χ3n) is 4.37. The van der Waals surface area contributed by atoms with Gasteiger partial charge in [-0.05, 0) is 36.8 Å². The van der Waals surface area contributed by atoms with Crippen LogP contribution in [0.5, 0.6) is 0 Å². The summed E-state index contributed by atoms with van der Waals surface area (Å²) in [7, 11) is 1.48. The number of methoxy groups -OCH3 is 1. The van der Waals surface area contributed by atoms with Crippen molar-refractivity contribution in [1.82, 2.24) is 4.90 Å². The van der Waals surface area contributed by atoms with E-state index in [1.54, 1.807) is 6.26 Å². The van der Waals surface area contributed by atoms with E-state index in [0.29, 0.717) is 18.4 Å². The number of hydrogen-bond donors (Lipinski definition) is 0. The maximum atomic E-state index is 12.0. The summed E-state index contributed by atoms with van der Waals surface area (Å²) in [5, 5.41) is 0. The van der Waals surface area contributed by atoms with Gasteiger partial charge in [0.15, 0.2) is 0 Å². The lowest BCUT2D eigenvalue weighted by Gasteiger charge is -2.24. The molecule has 1 saturated heterocycles. The standard InChI is InChI=1S/C14H19NO3/c1-17-14(16)13-12-6-2-4-10(12)8-15(13)9-11-5-3-7-18-11/h3,5,7,10,12-13H,2,4,6,8-9H2,1H3/t10-,12+,13-/m0/s1. The number of carbonyl (C=O) groups excluding carboxylic acids is 1. The van der Waals surface area contributed by atoms with Gasteiger partial charge >= 0.3 is 5.97 Å². The summed E-state index contributed by atoms with van der Waals surface area (Å²) in [5.41, 5.74) is 0. The highest BCUT2D eigenvalue weighted by Crippen LogP contribution is 2.43. The molecule has 3 rings (SSSR count). The fourth-order valence-corrected chi connectivity index (χ4v) is 3.60. The first-order valence-electron chi connectivity index (χ1n) is 6.64. The quantitative estimate of drug-likeness (QED) is 0.769. The van der Waals surface area contributed by atoms with Crippen LogP contribution in [0.4, 0.5) is 0 Å². The Hall–Kier alpha value is -1.29. The van der Waals surface area contributed by atoms with Gasteiger partial charge in [-0.3, -0.25) is 9.69 Å². The Morgan fingerprint density at radius 2 is 2.44 bits per heavy atom. The number of fused-ring (bicyclic) bond motifs is 1. The van der Waals surface area contributed by atoms with Gasteiger partial charge in [0.2, 0.25) is 0 Å². The van der Waals surface area contributed by atoms with E-state index >= 15 is 0 Å². The average Bonchev–Trinajstić information content (AvgIpc) is 3.04. The summed E-state index contributed by atoms with van der Waals surface area (Å²) in [4.78, 5) is 14.2. The molecular weight excluding hydrogens is 230 g/mol. The molecule has 1 aliphatic heterocycles. The van der Waals surface area contributed by atoms with Gasteiger partial charge in [-0.25, -0.2) is 0 Å². The smallest absolute Gasteiger partial charge is 0.323 e. The van der Waals surface area contributed by atoms with Gasteiger partial charge in [-0.1, -0.05) is 6.42 Å². The second-order valence-corrected chi connectivity index (χ2v) is 5.33. The van der Waals surface area contributed by atoms with Gasteiger partial charge < -0.3 is 9.15 Å². The lowest BCUT2D eigenvalue weighted by Crippen LogP contribution is -2.39. The largest absolute Gasteiger partial charge is 0.468 e. The molecule has 2 aliphatic rings. The molecule has 18 heavy (non-hydrogen) atoms. The number of ether oxygens (including phenoxy) is 1. The minimum absolute atomic E-state index is 0.0763. The Morgan fingerprint density at radius 3 is 3.17 bits per heavy atom. The molecule has 4 heteroatoms. The highest BCUT2D eigenvalue weighted by molar-refractivity contribution is 5.76. The SMILES string of the molecule is COC(=O)[C@@H]1[C@@H]2CCC[C@H]2CN1Cc1ccco1. The molecule has 0 N–H and O–H groups in total. The van der Waals surface area contributed by atoms with E-state index in [0.717, 1.165) is 18.7 Å². The van der Waals surface area contributed by atoms with Crippen molar-refractivity contribution in [2.24, 2.45) is 11.8 Å². The summed E-state index contributed by atoms with van der Waals surface area (Å²) < 4.78 is 10.4. The molecule has 1 aliphatic carbocycles. The Morgan fingerprint density at radius 1 is 1.56 bits per heavy atom. The second kappa shape index (κ2) is 4.76. The average molecular weight is 249 g/mol. The number of nitrogens with zero attached hydrogens (tertiary/aromatic N) is 1. The number of furan rings is 1. The summed E-state index contributed by atoms with van der Waals surface area (Å²) in [6.07, 6.45) is 5.32. The van der Waals surface area contributed by atoms with Crippen molar-refractivity contribution in [2.75, 3.05) is 13.7 Å². The summed E-state index contributed by atoms with van der Waals surface area (Å²) in [6, 6.07) is 3.77. The molecule has 2 fully saturated rings. The van der Waals surface area contributed by atoms with Crippen molar-refractivity contribution in [3.8, 4) is 0 Å². The molecule has 0 unspecified atom stereocenters. The highest BCUT2D eigenvalue weighted by Gasteiger charge is 2.48. The fourth-order valence-electron chi connectivity index (χ4n) is 3.60. The van der Waals surface area contributed by atoms with Crippen LogP contribution in [0.3, 0.4) is 0 Å². The van der Waals surface area contributed by atoms with Crippen LogP contribution >= 0.6 is 0 Å². The van der Waals surface area contributed by atoms with E-state index in [1.807, 2.05) is 12.1 Å². The fraction of sp³-hybridized carbons (Fsp3) is 0.643. The topological polar surface area (TPSA) is 42.7 Å². The minimum Gasteiger partial charge on any atom is -0.468 e. The van der Waals surface area contributed by atoms with Crippen LogP contribution < -0.4 is 0 Å². The Kier molecular flexibility index (Phi) is 3.12. The van der Waals surface area contributed by atoms with Crippen molar-refractivity contribution in [1.29, 1.82) is 0 Å². The van der Waals surface area contributed by atoms with Crippen LogP contribution in [-0.2, 0) is 16.1 Å². The lowest BCUT2D eigenvalue weighted by molar-refractivity contribution is -0.147. The number of hydrogen-bond acceptors (Lipinski definition) is 4. The summed E-state index contributed by atoms with van der Waals surface area (Å²) >= 11 is 0. The zero-order valence-electron chi connectivity index (χ0n) is 10.7. The zero-order chi connectivity index (χ0) is 12.5. The zero-order valence-corrected chi connectivity index (χ0v) is 10.7. The molecular formula is C14H19NO3. The van der Waals surface area contributed by atoms with Gasteiger partial charge in [-0.2, -0.15) is 0 Å². The first-order chi connectivity index (χ1) is 8.79. The maximum Gasteiger partial charge on any atom is 0.323 e. The molecule has 1 saturated carbocycles. The number of likely N-dealkylation sites (tertiary alicyclic amines) is 1. The first kappa shape index (κ1) is 11.8. The Labute approximate surface area is 107 Å². The van der Waals surface area contributed by atoms with Crippen LogP contribution in [-0.4, -0.2) is 30.6 Å². The normalized spacial score (nSPS) is 31.5. The van der Waals surface area contributed by atoms with Crippen molar-refractivity contribution in [2.45, 2.75) is 31.8 Å². The van der Waals surface area contributed by atoms with Crippen LogP contribution in [0.2, 0.25) is 0 Å². The number of carbonyl (C=O) groups is 1. The highest BCUT2D eigenvalue weighted by atomic mass is 16.5. The molecule has 0 aromatic carbocycles. The second-order valence-electron chi connectivity index (χ2n) is 5.33. The third kappa shape index (κ3) is 1.94. The maximum absolute atomic E-state index is 12.0. The molecule has 1 aromatic rings. The van der Waals surface area contributed by atoms with Crippen molar-refractivity contribution in [3.63, 3.8) is 0 Å². The predicted octanol–water partition coefficient (Wildman–Crippen LogP) is 2.05. The van der Waals surface area contributed by atoms with E-state index < -0.39 is 0 Å². The predicted molar refractivity (Wildman–Crippen MR) is 65.8 cm³/mol. The molecule has 0 spiro atoms. The van der Waals surface area contributed by atoms with E-state index in [2.05, 4.69) is 4.90 Å². The van der Waals surface area contributed by atoms with Gasteiger partial charge in [0.1, 0.15) is 11.8 Å². The lowest BCUT2D eigenvalue weighted by atomic mass is 9.94.